The van der Waals surface area contributed by atoms with Gasteiger partial charge in [0.15, 0.2) is 0 Å². The Morgan fingerprint density at radius 3 is 2.18 bits per heavy atom. The summed E-state index contributed by atoms with van der Waals surface area (Å²) in [6.07, 6.45) is 0. The number of carbonyl (C=O) groups is 3. The first-order valence-electron chi connectivity index (χ1n) is 8.54. The Morgan fingerprint density at radius 1 is 0.929 bits per heavy atom. The van der Waals surface area contributed by atoms with Gasteiger partial charge >= 0.3 is 0 Å². The van der Waals surface area contributed by atoms with Crippen molar-refractivity contribution in [2.45, 2.75) is 6.54 Å². The number of hydrogen-bond acceptors (Lipinski definition) is 3. The number of nitrogens with two attached hydrogens (primary N) is 2. The van der Waals surface area contributed by atoms with E-state index in [4.69, 9.17) is 11.5 Å². The maximum atomic E-state index is 14.2. The molecule has 3 rings (SSSR count). The van der Waals surface area contributed by atoms with Crippen LogP contribution >= 0.6 is 0 Å². The lowest BCUT2D eigenvalue weighted by Gasteiger charge is -2.21. The molecular formula is C20H19FN4O3. The highest BCUT2D eigenvalue weighted by atomic mass is 19.1. The normalized spacial score (nSPS) is 10.8. The Labute approximate surface area is 160 Å². The van der Waals surface area contributed by atoms with Crippen LogP contribution in [0.2, 0.25) is 0 Å². The zero-order valence-electron chi connectivity index (χ0n) is 15.0. The van der Waals surface area contributed by atoms with Gasteiger partial charge in [-0.1, -0.05) is 36.4 Å². The smallest absolute Gasteiger partial charge is 0.271 e. The first-order valence-corrected chi connectivity index (χ1v) is 8.54. The summed E-state index contributed by atoms with van der Waals surface area (Å²) in [7, 11) is 0. The minimum Gasteiger partial charge on any atom is -0.368 e. The number of amides is 3. The number of para-hydroxylation sites is 1. The molecule has 28 heavy (non-hydrogen) atoms. The molecule has 0 saturated carbocycles. The molecule has 0 aliphatic rings. The molecule has 0 radical (unpaired) electrons. The number of aromatic nitrogens is 1. The number of benzene rings is 2. The fraction of sp³-hybridized carbons (Fsp3) is 0.150. The zero-order chi connectivity index (χ0) is 20.3. The topological polar surface area (TPSA) is 111 Å². The van der Waals surface area contributed by atoms with Crippen LogP contribution in [0.15, 0.2) is 54.6 Å². The molecule has 0 fully saturated rings. The molecule has 3 amide bonds. The van der Waals surface area contributed by atoms with Gasteiger partial charge < -0.3 is 20.9 Å². The fourth-order valence-electron chi connectivity index (χ4n) is 3.09. The summed E-state index contributed by atoms with van der Waals surface area (Å²) in [6, 6.07) is 15.1. The molecule has 7 nitrogen and oxygen atoms in total. The van der Waals surface area contributed by atoms with Gasteiger partial charge in [-0.15, -0.1) is 0 Å². The van der Waals surface area contributed by atoms with Crippen molar-refractivity contribution < 1.29 is 18.8 Å². The van der Waals surface area contributed by atoms with Crippen LogP contribution in [-0.4, -0.2) is 40.3 Å². The van der Waals surface area contributed by atoms with Crippen molar-refractivity contribution in [2.24, 2.45) is 11.5 Å². The highest BCUT2D eigenvalue weighted by Gasteiger charge is 2.24. The molecule has 0 atom stereocenters. The second-order valence-electron chi connectivity index (χ2n) is 6.36. The largest absolute Gasteiger partial charge is 0.368 e. The van der Waals surface area contributed by atoms with Crippen LogP contribution < -0.4 is 11.5 Å². The Kier molecular flexibility index (Phi) is 5.39. The second kappa shape index (κ2) is 7.91. The third-order valence-corrected chi connectivity index (χ3v) is 4.30. The molecule has 0 unspecified atom stereocenters. The number of carbonyl (C=O) groups excluding carboxylic acids is 3. The summed E-state index contributed by atoms with van der Waals surface area (Å²) in [4.78, 5) is 36.7. The molecule has 0 saturated heterocycles. The summed E-state index contributed by atoms with van der Waals surface area (Å²) in [6.45, 7) is -0.811. The van der Waals surface area contributed by atoms with E-state index >= 15 is 0 Å². The molecule has 4 N–H and O–H groups in total. The van der Waals surface area contributed by atoms with Gasteiger partial charge in [-0.05, 0) is 18.2 Å². The minimum atomic E-state index is -0.772. The predicted molar refractivity (Wildman–Crippen MR) is 102 cm³/mol. The molecule has 8 heteroatoms. The molecule has 0 spiro atoms. The molecule has 0 bridgehead atoms. The van der Waals surface area contributed by atoms with Crippen LogP contribution in [0.3, 0.4) is 0 Å². The SMILES string of the molecule is NC(=O)CN(CC(N)=O)C(=O)c1cc2ccccc2n1Cc1ccccc1F. The standard InChI is InChI=1S/C20H19FN4O3/c21-15-7-3-1-6-14(15)10-25-16-8-4-2-5-13(16)9-17(25)20(28)24(11-18(22)26)12-19(23)27/h1-9H,10-12H2,(H2,22,26)(H2,23,27). The minimum absolute atomic E-state index is 0.0994. The summed E-state index contributed by atoms with van der Waals surface area (Å²) < 4.78 is 15.8. The van der Waals surface area contributed by atoms with Gasteiger partial charge in [-0.3, -0.25) is 14.4 Å². The predicted octanol–water partition coefficient (Wildman–Crippen LogP) is 1.24. The van der Waals surface area contributed by atoms with Crippen LogP contribution in [0.4, 0.5) is 4.39 Å². The first kappa shape index (κ1) is 19.1. The Bertz CT molecular complexity index is 1040. The van der Waals surface area contributed by atoms with Crippen molar-refractivity contribution in [3.05, 3.63) is 71.7 Å². The van der Waals surface area contributed by atoms with E-state index in [0.717, 1.165) is 10.3 Å². The average Bonchev–Trinajstić information content (AvgIpc) is 3.00. The third-order valence-electron chi connectivity index (χ3n) is 4.30. The van der Waals surface area contributed by atoms with E-state index in [2.05, 4.69) is 0 Å². The maximum absolute atomic E-state index is 14.2. The van der Waals surface area contributed by atoms with Crippen LogP contribution in [0.5, 0.6) is 0 Å². The summed E-state index contributed by atoms with van der Waals surface area (Å²) in [5, 5.41) is 0.764. The van der Waals surface area contributed by atoms with Crippen molar-refractivity contribution in [1.29, 1.82) is 0 Å². The lowest BCUT2D eigenvalue weighted by atomic mass is 10.2. The highest BCUT2D eigenvalue weighted by molar-refractivity contribution is 6.01. The quantitative estimate of drug-likeness (QED) is 0.641. The van der Waals surface area contributed by atoms with E-state index in [-0.39, 0.29) is 12.2 Å². The number of nitrogens with zero attached hydrogens (tertiary/aromatic N) is 2. The number of fused-ring (bicyclic) bond motifs is 1. The number of rotatable bonds is 7. The van der Waals surface area contributed by atoms with Crippen molar-refractivity contribution in [2.75, 3.05) is 13.1 Å². The Morgan fingerprint density at radius 2 is 1.54 bits per heavy atom. The molecule has 0 aliphatic heterocycles. The molecule has 0 aliphatic carbocycles. The van der Waals surface area contributed by atoms with Gasteiger partial charge in [0, 0.05) is 16.5 Å². The van der Waals surface area contributed by atoms with Crippen molar-refractivity contribution in [3.63, 3.8) is 0 Å². The van der Waals surface area contributed by atoms with E-state index in [0.29, 0.717) is 11.1 Å². The summed E-state index contributed by atoms with van der Waals surface area (Å²) in [5.74, 6) is -2.53. The van der Waals surface area contributed by atoms with Crippen molar-refractivity contribution >= 4 is 28.6 Å². The van der Waals surface area contributed by atoms with Crippen LogP contribution in [0.25, 0.3) is 10.9 Å². The van der Waals surface area contributed by atoms with Crippen LogP contribution in [0, 0.1) is 5.82 Å². The zero-order valence-corrected chi connectivity index (χ0v) is 15.0. The van der Waals surface area contributed by atoms with E-state index in [9.17, 15) is 18.8 Å². The van der Waals surface area contributed by atoms with Crippen LogP contribution in [-0.2, 0) is 16.1 Å². The second-order valence-corrected chi connectivity index (χ2v) is 6.36. The summed E-state index contributed by atoms with van der Waals surface area (Å²) in [5.41, 5.74) is 11.7. The summed E-state index contributed by atoms with van der Waals surface area (Å²) >= 11 is 0. The molecule has 1 heterocycles. The number of primary amides is 2. The molecule has 144 valence electrons. The lowest BCUT2D eigenvalue weighted by molar-refractivity contribution is -0.121. The molecule has 3 aromatic rings. The van der Waals surface area contributed by atoms with Gasteiger partial charge in [-0.25, -0.2) is 4.39 Å². The maximum Gasteiger partial charge on any atom is 0.271 e. The van der Waals surface area contributed by atoms with E-state index in [1.165, 1.54) is 6.07 Å². The Hall–Kier alpha value is -3.68. The molecule has 1 aromatic heterocycles. The van der Waals surface area contributed by atoms with E-state index < -0.39 is 36.6 Å². The van der Waals surface area contributed by atoms with Crippen molar-refractivity contribution in [3.8, 4) is 0 Å². The van der Waals surface area contributed by atoms with E-state index in [1.807, 2.05) is 12.1 Å². The lowest BCUT2D eigenvalue weighted by Crippen LogP contribution is -2.43. The molecule has 2 aromatic carbocycles. The third kappa shape index (κ3) is 4.01. The average molecular weight is 382 g/mol. The van der Waals surface area contributed by atoms with Gasteiger partial charge in [0.25, 0.3) is 5.91 Å². The van der Waals surface area contributed by atoms with Gasteiger partial charge in [-0.2, -0.15) is 0 Å². The first-order chi connectivity index (χ1) is 13.4. The number of hydrogen-bond donors (Lipinski definition) is 2. The Balaban J connectivity index is 2.09. The fourth-order valence-corrected chi connectivity index (χ4v) is 3.09. The number of halogens is 1. The van der Waals surface area contributed by atoms with Gasteiger partial charge in [0.1, 0.15) is 24.6 Å². The van der Waals surface area contributed by atoms with Crippen molar-refractivity contribution in [1.82, 2.24) is 9.47 Å². The van der Waals surface area contributed by atoms with E-state index in [1.54, 1.807) is 41.0 Å². The van der Waals surface area contributed by atoms with Gasteiger partial charge in [0.05, 0.1) is 6.54 Å². The monoisotopic (exact) mass is 382 g/mol. The molecular weight excluding hydrogens is 363 g/mol. The van der Waals surface area contributed by atoms with Crippen LogP contribution in [0.1, 0.15) is 16.1 Å². The van der Waals surface area contributed by atoms with Gasteiger partial charge in [0.2, 0.25) is 11.8 Å². The highest BCUT2D eigenvalue weighted by Crippen LogP contribution is 2.23.